The Bertz CT molecular complexity index is 409. The van der Waals surface area contributed by atoms with Gasteiger partial charge in [-0.05, 0) is 26.3 Å². The van der Waals surface area contributed by atoms with E-state index in [0.29, 0.717) is 17.7 Å². The van der Waals surface area contributed by atoms with Gasteiger partial charge in [-0.1, -0.05) is 32.6 Å². The molecule has 0 aliphatic carbocycles. The molecule has 0 spiro atoms. The fourth-order valence-electron chi connectivity index (χ4n) is 1.86. The van der Waals surface area contributed by atoms with Gasteiger partial charge in [-0.3, -0.25) is 0 Å². The molecule has 1 atom stereocenters. The molecule has 1 rings (SSSR count). The molecule has 0 saturated heterocycles. The van der Waals surface area contributed by atoms with Crippen molar-refractivity contribution in [3.05, 3.63) is 17.5 Å². The maximum Gasteiger partial charge on any atom is 0.224 e. The van der Waals surface area contributed by atoms with Gasteiger partial charge in [-0.25, -0.2) is 9.97 Å². The van der Waals surface area contributed by atoms with Crippen LogP contribution in [0.15, 0.2) is 6.07 Å². The quantitative estimate of drug-likeness (QED) is 0.749. The van der Waals surface area contributed by atoms with Gasteiger partial charge >= 0.3 is 0 Å². The predicted octanol–water partition coefficient (Wildman–Crippen LogP) is 3.43. The zero-order valence-corrected chi connectivity index (χ0v) is 11.5. The first kappa shape index (κ1) is 14.4. The highest BCUT2D eigenvalue weighted by molar-refractivity contribution is 5.33. The van der Waals surface area contributed by atoms with Crippen LogP contribution >= 0.6 is 0 Å². The van der Waals surface area contributed by atoms with Gasteiger partial charge in [-0.15, -0.1) is 0 Å². The fraction of sp³-hybridized carbons (Fsp3) is 0.643. The average molecular weight is 246 g/mol. The van der Waals surface area contributed by atoms with Crippen LogP contribution < -0.4 is 5.32 Å². The zero-order valence-electron chi connectivity index (χ0n) is 11.5. The van der Waals surface area contributed by atoms with Gasteiger partial charge in [0.2, 0.25) is 5.95 Å². The molecule has 1 N–H and O–H groups in total. The minimum absolute atomic E-state index is 0.343. The summed E-state index contributed by atoms with van der Waals surface area (Å²) in [6, 6.07) is 4.08. The molecule has 0 amide bonds. The normalized spacial score (nSPS) is 11.9. The third-order valence-corrected chi connectivity index (χ3v) is 2.83. The largest absolute Gasteiger partial charge is 0.352 e. The highest BCUT2D eigenvalue weighted by atomic mass is 15.1. The highest BCUT2D eigenvalue weighted by Crippen LogP contribution is 2.10. The van der Waals surface area contributed by atoms with Crippen LogP contribution in [0.4, 0.5) is 5.95 Å². The second-order valence-electron chi connectivity index (χ2n) is 4.72. The first-order valence-electron chi connectivity index (χ1n) is 6.68. The number of hydrogen-bond donors (Lipinski definition) is 1. The van der Waals surface area contributed by atoms with Crippen molar-refractivity contribution in [1.29, 1.82) is 5.26 Å². The first-order chi connectivity index (χ1) is 8.65. The van der Waals surface area contributed by atoms with Crippen molar-refractivity contribution in [3.63, 3.8) is 0 Å². The molecule has 0 radical (unpaired) electrons. The van der Waals surface area contributed by atoms with E-state index in [0.717, 1.165) is 12.1 Å². The molecule has 0 saturated carbocycles. The van der Waals surface area contributed by atoms with Crippen LogP contribution in [0.1, 0.15) is 57.3 Å². The monoisotopic (exact) mass is 246 g/mol. The molecule has 1 heterocycles. The second-order valence-corrected chi connectivity index (χ2v) is 4.72. The summed E-state index contributed by atoms with van der Waals surface area (Å²) in [4.78, 5) is 8.45. The molecule has 0 aliphatic rings. The Balaban J connectivity index is 2.46. The second kappa shape index (κ2) is 7.65. The molecule has 0 fully saturated rings. The van der Waals surface area contributed by atoms with Crippen molar-refractivity contribution in [2.75, 3.05) is 5.32 Å². The third kappa shape index (κ3) is 5.13. The summed E-state index contributed by atoms with van der Waals surface area (Å²) >= 11 is 0. The molecule has 98 valence electrons. The Morgan fingerprint density at radius 3 is 2.78 bits per heavy atom. The van der Waals surface area contributed by atoms with E-state index < -0.39 is 0 Å². The maximum atomic E-state index is 8.85. The number of rotatable bonds is 7. The molecule has 4 heteroatoms. The number of aromatic nitrogens is 2. The molecule has 1 aromatic heterocycles. The Morgan fingerprint density at radius 1 is 1.33 bits per heavy atom. The first-order valence-corrected chi connectivity index (χ1v) is 6.68. The summed E-state index contributed by atoms with van der Waals surface area (Å²) in [5.74, 6) is 0.564. The lowest BCUT2D eigenvalue weighted by Crippen LogP contribution is -2.17. The Kier molecular flexibility index (Phi) is 6.13. The van der Waals surface area contributed by atoms with Gasteiger partial charge in [0, 0.05) is 11.7 Å². The summed E-state index contributed by atoms with van der Waals surface area (Å²) in [5.41, 5.74) is 1.24. The van der Waals surface area contributed by atoms with Gasteiger partial charge in [0.1, 0.15) is 11.8 Å². The highest BCUT2D eigenvalue weighted by Gasteiger charge is 2.06. The smallest absolute Gasteiger partial charge is 0.224 e. The lowest BCUT2D eigenvalue weighted by Gasteiger charge is -2.13. The number of anilines is 1. The minimum Gasteiger partial charge on any atom is -0.352 e. The van der Waals surface area contributed by atoms with Gasteiger partial charge in [0.05, 0.1) is 0 Å². The summed E-state index contributed by atoms with van der Waals surface area (Å²) in [5, 5.41) is 12.1. The molecule has 18 heavy (non-hydrogen) atoms. The van der Waals surface area contributed by atoms with Gasteiger partial charge in [-0.2, -0.15) is 5.26 Å². The van der Waals surface area contributed by atoms with Crippen LogP contribution in [-0.4, -0.2) is 16.0 Å². The Hall–Kier alpha value is -1.63. The molecule has 1 unspecified atom stereocenters. The van der Waals surface area contributed by atoms with E-state index >= 15 is 0 Å². The summed E-state index contributed by atoms with van der Waals surface area (Å²) in [7, 11) is 0. The maximum absolute atomic E-state index is 8.85. The molecule has 0 bridgehead atoms. The SMILES string of the molecule is CCCCCCC(C)Nc1nc(C)cc(C#N)n1. The van der Waals surface area contributed by atoms with Gasteiger partial charge in [0.15, 0.2) is 0 Å². The molecular formula is C14H22N4. The van der Waals surface area contributed by atoms with Gasteiger partial charge < -0.3 is 5.32 Å². The van der Waals surface area contributed by atoms with E-state index in [2.05, 4.69) is 35.2 Å². The number of nitrogens with one attached hydrogen (secondary N) is 1. The number of hydrogen-bond acceptors (Lipinski definition) is 4. The third-order valence-electron chi connectivity index (χ3n) is 2.83. The van der Waals surface area contributed by atoms with E-state index in [-0.39, 0.29) is 0 Å². The van der Waals surface area contributed by atoms with E-state index in [1.165, 1.54) is 25.7 Å². The fourth-order valence-corrected chi connectivity index (χ4v) is 1.86. The standard InChI is InChI=1S/C14H22N4/c1-4-5-6-7-8-11(2)16-14-17-12(3)9-13(10-15)18-14/h9,11H,4-8H2,1-3H3,(H,16,17,18). The van der Waals surface area contributed by atoms with Crippen molar-refractivity contribution in [1.82, 2.24) is 9.97 Å². The van der Waals surface area contributed by atoms with Crippen LogP contribution in [0.5, 0.6) is 0 Å². The molecule has 4 nitrogen and oxygen atoms in total. The average Bonchev–Trinajstić information content (AvgIpc) is 2.34. The Morgan fingerprint density at radius 2 is 2.11 bits per heavy atom. The predicted molar refractivity (Wildman–Crippen MR) is 73.3 cm³/mol. The summed E-state index contributed by atoms with van der Waals surface area (Å²) in [6.07, 6.45) is 6.17. The molecule has 0 aromatic carbocycles. The minimum atomic E-state index is 0.343. The summed E-state index contributed by atoms with van der Waals surface area (Å²) < 4.78 is 0. The number of nitriles is 1. The number of nitrogens with zero attached hydrogens (tertiary/aromatic N) is 3. The molecular weight excluding hydrogens is 224 g/mol. The molecule has 1 aromatic rings. The number of aryl methyl sites for hydroxylation is 1. The van der Waals surface area contributed by atoms with Crippen molar-refractivity contribution in [2.45, 2.75) is 58.9 Å². The van der Waals surface area contributed by atoms with Crippen molar-refractivity contribution >= 4 is 5.95 Å². The van der Waals surface area contributed by atoms with E-state index in [1.54, 1.807) is 6.07 Å². The van der Waals surface area contributed by atoms with Crippen LogP contribution in [-0.2, 0) is 0 Å². The van der Waals surface area contributed by atoms with E-state index in [1.807, 2.05) is 6.92 Å². The summed E-state index contributed by atoms with van der Waals surface area (Å²) in [6.45, 7) is 6.22. The lowest BCUT2D eigenvalue weighted by atomic mass is 10.1. The Labute approximate surface area is 109 Å². The van der Waals surface area contributed by atoms with Crippen LogP contribution in [0.25, 0.3) is 0 Å². The van der Waals surface area contributed by atoms with Crippen LogP contribution in [0, 0.1) is 18.3 Å². The van der Waals surface area contributed by atoms with Crippen LogP contribution in [0.3, 0.4) is 0 Å². The van der Waals surface area contributed by atoms with Crippen LogP contribution in [0.2, 0.25) is 0 Å². The van der Waals surface area contributed by atoms with E-state index in [4.69, 9.17) is 5.26 Å². The van der Waals surface area contributed by atoms with Crippen molar-refractivity contribution in [2.24, 2.45) is 0 Å². The number of unbranched alkanes of at least 4 members (excludes halogenated alkanes) is 3. The van der Waals surface area contributed by atoms with Gasteiger partial charge in [0.25, 0.3) is 0 Å². The van der Waals surface area contributed by atoms with Crippen molar-refractivity contribution in [3.8, 4) is 6.07 Å². The zero-order chi connectivity index (χ0) is 13.4. The van der Waals surface area contributed by atoms with Crippen molar-refractivity contribution < 1.29 is 0 Å². The lowest BCUT2D eigenvalue weighted by molar-refractivity contribution is 0.591. The molecule has 0 aliphatic heterocycles. The van der Waals surface area contributed by atoms with E-state index in [9.17, 15) is 0 Å². The topological polar surface area (TPSA) is 61.6 Å².